The van der Waals surface area contributed by atoms with Crippen LogP contribution in [0.2, 0.25) is 0 Å². The molecule has 2 aliphatic carbocycles. The smallest absolute Gasteiger partial charge is 0.313 e. The van der Waals surface area contributed by atoms with Crippen molar-refractivity contribution in [1.82, 2.24) is 9.13 Å². The summed E-state index contributed by atoms with van der Waals surface area (Å²) in [5, 5.41) is 0. The number of hydrogen-bond acceptors (Lipinski definition) is 3. The highest BCUT2D eigenvalue weighted by Gasteiger charge is 2.46. The number of anilines is 2. The van der Waals surface area contributed by atoms with Crippen LogP contribution in [-0.4, -0.2) is 9.13 Å². The Morgan fingerprint density at radius 3 is 1.79 bits per heavy atom. The van der Waals surface area contributed by atoms with Crippen LogP contribution in [-0.2, 0) is 5.41 Å². The first kappa shape index (κ1) is 32.2. The van der Waals surface area contributed by atoms with Gasteiger partial charge in [-0.25, -0.2) is 0 Å². The molecule has 8 aromatic rings. The number of hydrogen-bond donors (Lipinski definition) is 0. The quantitative estimate of drug-likeness (QED) is 0.166. The zero-order chi connectivity index (χ0) is 37.4. The predicted molar refractivity (Wildman–Crippen MR) is 226 cm³/mol. The molecule has 7 aromatic carbocycles. The van der Waals surface area contributed by atoms with Crippen molar-refractivity contribution in [3.63, 3.8) is 0 Å². The van der Waals surface area contributed by atoms with E-state index < -0.39 is 16.5 Å². The van der Waals surface area contributed by atoms with E-state index in [9.17, 15) is 9.59 Å². The van der Waals surface area contributed by atoms with Gasteiger partial charge in [0.1, 0.15) is 0 Å². The van der Waals surface area contributed by atoms with Crippen LogP contribution in [0.25, 0.3) is 33.5 Å². The van der Waals surface area contributed by atoms with Gasteiger partial charge in [0, 0.05) is 40.8 Å². The monoisotopic (exact) mass is 721 g/mol. The Balaban J connectivity index is 1.11. The summed E-state index contributed by atoms with van der Waals surface area (Å²) in [6, 6.07) is 62.7. The number of benzene rings is 7. The second-order valence-electron chi connectivity index (χ2n) is 14.8. The first-order valence-electron chi connectivity index (χ1n) is 19.1. The maximum Gasteiger partial charge on any atom is 0.321 e. The molecule has 1 aliphatic heterocycles. The Labute approximate surface area is 324 Å². The maximum atomic E-state index is 14.7. The summed E-state index contributed by atoms with van der Waals surface area (Å²) in [5.41, 5.74) is 12.4. The Kier molecular flexibility index (Phi) is 7.13. The fourth-order valence-corrected chi connectivity index (χ4v) is 9.70. The molecule has 0 bridgehead atoms. The van der Waals surface area contributed by atoms with Crippen LogP contribution in [0.15, 0.2) is 209 Å². The van der Waals surface area contributed by atoms with Crippen molar-refractivity contribution in [3.8, 4) is 16.8 Å². The largest absolute Gasteiger partial charge is 0.321 e. The van der Waals surface area contributed by atoms with E-state index in [2.05, 4.69) is 144 Å². The Bertz CT molecular complexity index is 3010. The minimum atomic E-state index is -0.638. The van der Waals surface area contributed by atoms with Crippen LogP contribution in [0.5, 0.6) is 0 Å². The molecular formula is C51H35N3O2. The molecule has 5 heteroatoms. The van der Waals surface area contributed by atoms with Crippen LogP contribution < -0.4 is 16.0 Å². The van der Waals surface area contributed by atoms with E-state index in [0.717, 1.165) is 50.6 Å². The number of rotatable bonds is 5. The van der Waals surface area contributed by atoms with Gasteiger partial charge in [0.05, 0.1) is 16.4 Å². The second kappa shape index (κ2) is 12.4. The molecule has 0 spiro atoms. The van der Waals surface area contributed by atoms with Gasteiger partial charge in [0.15, 0.2) is 0 Å². The van der Waals surface area contributed by atoms with Crippen LogP contribution in [0.1, 0.15) is 40.2 Å². The van der Waals surface area contributed by atoms with Gasteiger partial charge < -0.3 is 4.90 Å². The molecule has 0 N–H and O–H groups in total. The normalized spacial score (nSPS) is 16.1. The summed E-state index contributed by atoms with van der Waals surface area (Å²) in [7, 11) is 0. The Hall–Kier alpha value is -7.24. The molecule has 0 saturated heterocycles. The molecule has 1 unspecified atom stereocenters. The van der Waals surface area contributed by atoms with E-state index in [-0.39, 0.29) is 5.92 Å². The van der Waals surface area contributed by atoms with Crippen molar-refractivity contribution in [3.05, 3.63) is 248 Å². The molecule has 2 heterocycles. The molecule has 1 aromatic heterocycles. The van der Waals surface area contributed by atoms with Gasteiger partial charge in [-0.2, -0.15) is 0 Å². The van der Waals surface area contributed by atoms with Gasteiger partial charge in [0.2, 0.25) is 0 Å². The molecule has 56 heavy (non-hydrogen) atoms. The summed E-state index contributed by atoms with van der Waals surface area (Å²) >= 11 is 0. The van der Waals surface area contributed by atoms with Crippen LogP contribution in [0.4, 0.5) is 11.4 Å². The maximum absolute atomic E-state index is 14.7. The van der Waals surface area contributed by atoms with Crippen molar-refractivity contribution in [2.24, 2.45) is 0 Å². The van der Waals surface area contributed by atoms with E-state index in [1.807, 2.05) is 54.6 Å². The second-order valence-corrected chi connectivity index (χ2v) is 14.8. The lowest BCUT2D eigenvalue weighted by Gasteiger charge is -2.34. The molecule has 0 saturated carbocycles. The topological polar surface area (TPSA) is 47.2 Å². The molecule has 0 fully saturated rings. The van der Waals surface area contributed by atoms with Gasteiger partial charge in [-0.05, 0) is 93.6 Å². The molecule has 5 nitrogen and oxygen atoms in total. The lowest BCUT2D eigenvalue weighted by Crippen LogP contribution is -2.41. The summed E-state index contributed by atoms with van der Waals surface area (Å²) < 4.78 is 3.27. The van der Waals surface area contributed by atoms with Gasteiger partial charge in [-0.3, -0.25) is 18.7 Å². The third-order valence-corrected chi connectivity index (χ3v) is 12.0. The van der Waals surface area contributed by atoms with Crippen LogP contribution in [0.3, 0.4) is 0 Å². The lowest BCUT2D eigenvalue weighted by atomic mass is 9.67. The Morgan fingerprint density at radius 1 is 0.482 bits per heavy atom. The van der Waals surface area contributed by atoms with Gasteiger partial charge in [-0.15, -0.1) is 0 Å². The fraction of sp³-hybridized carbons (Fsp3) is 0.0588. The third kappa shape index (κ3) is 4.48. The van der Waals surface area contributed by atoms with E-state index >= 15 is 0 Å². The molecule has 1 atom stereocenters. The molecule has 0 amide bonds. The van der Waals surface area contributed by atoms with Crippen molar-refractivity contribution < 1.29 is 0 Å². The minimum absolute atomic E-state index is 0.0296. The predicted octanol–water partition coefficient (Wildman–Crippen LogP) is 10.6. The molecule has 0 radical (unpaired) electrons. The van der Waals surface area contributed by atoms with Gasteiger partial charge in [-0.1, -0.05) is 140 Å². The van der Waals surface area contributed by atoms with E-state index in [0.29, 0.717) is 23.1 Å². The van der Waals surface area contributed by atoms with Crippen LogP contribution >= 0.6 is 0 Å². The number of aromatic nitrogens is 2. The number of nitrogens with zero attached hydrogens (tertiary/aromatic N) is 3. The average molecular weight is 722 g/mol. The van der Waals surface area contributed by atoms with Crippen molar-refractivity contribution in [2.75, 3.05) is 4.90 Å². The zero-order valence-corrected chi connectivity index (χ0v) is 30.4. The van der Waals surface area contributed by atoms with Crippen molar-refractivity contribution in [1.29, 1.82) is 0 Å². The first-order valence-corrected chi connectivity index (χ1v) is 19.1. The number of allylic oxidation sites excluding steroid dienone is 4. The summed E-state index contributed by atoms with van der Waals surface area (Å²) in [5.74, 6) is 0.0296. The van der Waals surface area contributed by atoms with Crippen molar-refractivity contribution >= 4 is 28.1 Å². The standard InChI is InChI=1S/C51H35N3O2/c55-49-50(56)54(38-28-30-40-39-22-10-12-24-43(39)51(44(40)33-38,34-16-4-1-5-17-34)35-18-6-2-7-19-35)48-27-15-14-26-47(48)53(49)37-29-31-46-42(32-37)41-23-11-13-25-45(41)52(46)36-20-8-3-9-21-36/h1-31,33,42H,32H2. The highest BCUT2D eigenvalue weighted by atomic mass is 16.2. The number of fused-ring (bicyclic) bond motifs is 7. The third-order valence-electron chi connectivity index (χ3n) is 12.0. The van der Waals surface area contributed by atoms with Crippen molar-refractivity contribution in [2.45, 2.75) is 17.8 Å². The molecular weight excluding hydrogens is 687 g/mol. The van der Waals surface area contributed by atoms with E-state index in [4.69, 9.17) is 0 Å². The first-order chi connectivity index (χ1) is 27.6. The highest BCUT2D eigenvalue weighted by molar-refractivity contribution is 5.88. The molecule has 11 rings (SSSR count). The molecule has 266 valence electrons. The van der Waals surface area contributed by atoms with Gasteiger partial charge >= 0.3 is 11.1 Å². The minimum Gasteiger partial charge on any atom is -0.313 e. The number of para-hydroxylation sites is 4. The summed E-state index contributed by atoms with van der Waals surface area (Å²) in [6.07, 6.45) is 4.72. The van der Waals surface area contributed by atoms with E-state index in [1.54, 1.807) is 9.13 Å². The Morgan fingerprint density at radius 2 is 1.05 bits per heavy atom. The average Bonchev–Trinajstić information content (AvgIpc) is 3.75. The summed E-state index contributed by atoms with van der Waals surface area (Å²) in [4.78, 5) is 31.7. The zero-order valence-electron chi connectivity index (χ0n) is 30.4. The lowest BCUT2D eigenvalue weighted by molar-refractivity contribution is 0.766. The summed E-state index contributed by atoms with van der Waals surface area (Å²) in [6.45, 7) is 0. The van der Waals surface area contributed by atoms with Crippen LogP contribution in [0, 0.1) is 0 Å². The van der Waals surface area contributed by atoms with E-state index in [1.165, 1.54) is 11.1 Å². The molecule has 3 aliphatic rings. The van der Waals surface area contributed by atoms with Gasteiger partial charge in [0.25, 0.3) is 0 Å². The fourth-order valence-electron chi connectivity index (χ4n) is 9.70. The SMILES string of the molecule is O=c1c(=O)n(-c2ccc3c(c2)C(c2ccccc2)(c2ccccc2)c2ccccc2-3)c2ccccc2n1C1=CC=C2C(C1)c1ccccc1N2c1ccccc1. The highest BCUT2D eigenvalue weighted by Crippen LogP contribution is 2.56.